The van der Waals surface area contributed by atoms with E-state index in [2.05, 4.69) is 0 Å². The normalized spacial score (nSPS) is 15.8. The SMILES string of the molecule is CCOC(=O)Oc1ccccc1C1CCCC1. The maximum Gasteiger partial charge on any atom is 0.513 e. The van der Waals surface area contributed by atoms with Gasteiger partial charge >= 0.3 is 6.16 Å². The molecule has 0 radical (unpaired) electrons. The molecule has 0 saturated heterocycles. The van der Waals surface area contributed by atoms with E-state index in [9.17, 15) is 4.79 Å². The smallest absolute Gasteiger partial charge is 0.434 e. The number of ether oxygens (including phenoxy) is 2. The summed E-state index contributed by atoms with van der Waals surface area (Å²) in [6.45, 7) is 2.11. The first-order valence-corrected chi connectivity index (χ1v) is 6.24. The number of para-hydroxylation sites is 1. The molecule has 0 unspecified atom stereocenters. The van der Waals surface area contributed by atoms with E-state index in [1.54, 1.807) is 6.92 Å². The molecule has 0 heterocycles. The molecular weight excluding hydrogens is 216 g/mol. The van der Waals surface area contributed by atoms with E-state index >= 15 is 0 Å². The Hall–Kier alpha value is -1.51. The molecule has 1 saturated carbocycles. The highest BCUT2D eigenvalue weighted by molar-refractivity contribution is 5.64. The van der Waals surface area contributed by atoms with Crippen LogP contribution in [0.3, 0.4) is 0 Å². The zero-order valence-corrected chi connectivity index (χ0v) is 10.1. The Bertz CT molecular complexity index is 381. The van der Waals surface area contributed by atoms with Crippen LogP contribution in [0, 0.1) is 0 Å². The minimum Gasteiger partial charge on any atom is -0.434 e. The van der Waals surface area contributed by atoms with Gasteiger partial charge in [-0.3, -0.25) is 0 Å². The van der Waals surface area contributed by atoms with Gasteiger partial charge in [0, 0.05) is 0 Å². The van der Waals surface area contributed by atoms with Crippen LogP contribution in [0.15, 0.2) is 24.3 Å². The van der Waals surface area contributed by atoms with Gasteiger partial charge in [-0.05, 0) is 37.3 Å². The number of carbonyl (C=O) groups is 1. The summed E-state index contributed by atoms with van der Waals surface area (Å²) in [5, 5.41) is 0. The van der Waals surface area contributed by atoms with Crippen LogP contribution in [0.5, 0.6) is 5.75 Å². The van der Waals surface area contributed by atoms with Gasteiger partial charge in [0.25, 0.3) is 0 Å². The topological polar surface area (TPSA) is 35.5 Å². The van der Waals surface area contributed by atoms with Gasteiger partial charge < -0.3 is 9.47 Å². The minimum atomic E-state index is -0.613. The van der Waals surface area contributed by atoms with Crippen LogP contribution in [-0.2, 0) is 4.74 Å². The van der Waals surface area contributed by atoms with Crippen molar-refractivity contribution in [2.24, 2.45) is 0 Å². The largest absolute Gasteiger partial charge is 0.513 e. The highest BCUT2D eigenvalue weighted by Gasteiger charge is 2.21. The molecule has 0 spiro atoms. The summed E-state index contributed by atoms with van der Waals surface area (Å²) in [6, 6.07) is 7.76. The van der Waals surface area contributed by atoms with Crippen LogP contribution >= 0.6 is 0 Å². The molecule has 0 amide bonds. The van der Waals surface area contributed by atoms with Crippen molar-refractivity contribution in [1.82, 2.24) is 0 Å². The summed E-state index contributed by atoms with van der Waals surface area (Å²) < 4.78 is 10.0. The first kappa shape index (κ1) is 12.0. The lowest BCUT2D eigenvalue weighted by molar-refractivity contribution is 0.104. The van der Waals surface area contributed by atoms with E-state index in [1.807, 2.05) is 24.3 Å². The molecule has 1 aromatic carbocycles. The van der Waals surface area contributed by atoms with Crippen molar-refractivity contribution in [3.8, 4) is 5.75 Å². The van der Waals surface area contributed by atoms with E-state index < -0.39 is 6.16 Å². The Morgan fingerprint density at radius 2 is 2.00 bits per heavy atom. The average Bonchev–Trinajstić information content (AvgIpc) is 2.83. The molecule has 17 heavy (non-hydrogen) atoms. The maximum atomic E-state index is 11.3. The molecule has 0 atom stereocenters. The Morgan fingerprint density at radius 1 is 1.29 bits per heavy atom. The maximum absolute atomic E-state index is 11.3. The Kier molecular flexibility index (Phi) is 4.02. The minimum absolute atomic E-state index is 0.338. The van der Waals surface area contributed by atoms with Crippen LogP contribution in [0.25, 0.3) is 0 Å². The van der Waals surface area contributed by atoms with E-state index in [4.69, 9.17) is 9.47 Å². The molecular formula is C14H18O3. The molecule has 0 aromatic heterocycles. The molecule has 92 valence electrons. The van der Waals surface area contributed by atoms with Gasteiger partial charge in [-0.2, -0.15) is 0 Å². The van der Waals surface area contributed by atoms with Gasteiger partial charge in [0.15, 0.2) is 0 Å². The summed E-state index contributed by atoms with van der Waals surface area (Å²) in [6.07, 6.45) is 4.28. The quantitative estimate of drug-likeness (QED) is 0.588. The molecule has 0 N–H and O–H groups in total. The fraction of sp³-hybridized carbons (Fsp3) is 0.500. The van der Waals surface area contributed by atoms with Gasteiger partial charge in [-0.25, -0.2) is 4.79 Å². The van der Waals surface area contributed by atoms with Gasteiger partial charge in [-0.1, -0.05) is 31.0 Å². The van der Waals surface area contributed by atoms with Crippen molar-refractivity contribution in [3.63, 3.8) is 0 Å². The van der Waals surface area contributed by atoms with Gasteiger partial charge in [0.05, 0.1) is 6.61 Å². The zero-order chi connectivity index (χ0) is 12.1. The van der Waals surface area contributed by atoms with Gasteiger partial charge in [0.2, 0.25) is 0 Å². The summed E-state index contributed by atoms with van der Waals surface area (Å²) in [7, 11) is 0. The highest BCUT2D eigenvalue weighted by Crippen LogP contribution is 2.38. The first-order chi connectivity index (χ1) is 8.31. The fourth-order valence-electron chi connectivity index (χ4n) is 2.38. The summed E-state index contributed by atoms with van der Waals surface area (Å²) >= 11 is 0. The van der Waals surface area contributed by atoms with E-state index in [1.165, 1.54) is 25.7 Å². The van der Waals surface area contributed by atoms with Crippen molar-refractivity contribution in [2.75, 3.05) is 6.61 Å². The molecule has 1 aromatic rings. The van der Waals surface area contributed by atoms with E-state index in [0.29, 0.717) is 18.3 Å². The summed E-state index contributed by atoms with van der Waals surface area (Å²) in [5.74, 6) is 1.18. The predicted molar refractivity (Wildman–Crippen MR) is 65.3 cm³/mol. The third-order valence-corrected chi connectivity index (χ3v) is 3.17. The van der Waals surface area contributed by atoms with Crippen LogP contribution in [0.1, 0.15) is 44.1 Å². The fourth-order valence-corrected chi connectivity index (χ4v) is 2.38. The van der Waals surface area contributed by atoms with E-state index in [0.717, 1.165) is 5.56 Å². The van der Waals surface area contributed by atoms with Gasteiger partial charge in [-0.15, -0.1) is 0 Å². The van der Waals surface area contributed by atoms with Crippen molar-refractivity contribution in [1.29, 1.82) is 0 Å². The number of hydrogen-bond acceptors (Lipinski definition) is 3. The highest BCUT2D eigenvalue weighted by atomic mass is 16.7. The predicted octanol–water partition coefficient (Wildman–Crippen LogP) is 3.88. The second kappa shape index (κ2) is 5.71. The molecule has 0 bridgehead atoms. The molecule has 2 rings (SSSR count). The molecule has 1 fully saturated rings. The third kappa shape index (κ3) is 2.99. The van der Waals surface area contributed by atoms with Crippen LogP contribution < -0.4 is 4.74 Å². The Morgan fingerprint density at radius 3 is 2.71 bits per heavy atom. The zero-order valence-electron chi connectivity index (χ0n) is 10.1. The second-order valence-electron chi connectivity index (χ2n) is 4.30. The lowest BCUT2D eigenvalue weighted by Crippen LogP contribution is -2.11. The van der Waals surface area contributed by atoms with Crippen LogP contribution in [-0.4, -0.2) is 12.8 Å². The summed E-state index contributed by atoms with van der Waals surface area (Å²) in [5.41, 5.74) is 1.14. The Balaban J connectivity index is 2.12. The second-order valence-corrected chi connectivity index (χ2v) is 4.30. The number of rotatable bonds is 3. The van der Waals surface area contributed by atoms with Crippen molar-refractivity contribution in [2.45, 2.75) is 38.5 Å². The molecule has 3 nitrogen and oxygen atoms in total. The lowest BCUT2D eigenvalue weighted by Gasteiger charge is -2.14. The first-order valence-electron chi connectivity index (χ1n) is 6.24. The van der Waals surface area contributed by atoms with Crippen molar-refractivity contribution < 1.29 is 14.3 Å². The standard InChI is InChI=1S/C14H18O3/c1-2-16-14(15)17-13-10-6-5-9-12(13)11-7-3-4-8-11/h5-6,9-11H,2-4,7-8H2,1H3. The number of carbonyl (C=O) groups excluding carboxylic acids is 1. The van der Waals surface area contributed by atoms with E-state index in [-0.39, 0.29) is 0 Å². The van der Waals surface area contributed by atoms with Crippen molar-refractivity contribution in [3.05, 3.63) is 29.8 Å². The van der Waals surface area contributed by atoms with Crippen LogP contribution in [0.2, 0.25) is 0 Å². The van der Waals surface area contributed by atoms with Crippen LogP contribution in [0.4, 0.5) is 4.79 Å². The molecule has 3 heteroatoms. The van der Waals surface area contributed by atoms with Crippen molar-refractivity contribution >= 4 is 6.16 Å². The number of hydrogen-bond donors (Lipinski definition) is 0. The average molecular weight is 234 g/mol. The summed E-state index contributed by atoms with van der Waals surface area (Å²) in [4.78, 5) is 11.3. The third-order valence-electron chi connectivity index (χ3n) is 3.17. The molecule has 1 aliphatic rings. The molecule has 0 aliphatic heterocycles. The monoisotopic (exact) mass is 234 g/mol. The van der Waals surface area contributed by atoms with Gasteiger partial charge in [0.1, 0.15) is 5.75 Å². The molecule has 1 aliphatic carbocycles. The lowest BCUT2D eigenvalue weighted by atomic mass is 9.97. The number of benzene rings is 1. The Labute approximate surface area is 102 Å².